The first-order chi connectivity index (χ1) is 5.74. The van der Waals surface area contributed by atoms with Crippen LogP contribution in [0.4, 0.5) is 8.78 Å². The van der Waals surface area contributed by atoms with Crippen molar-refractivity contribution in [3.05, 3.63) is 0 Å². The minimum Gasteiger partial charge on any atom is -0.314 e. The van der Waals surface area contributed by atoms with Crippen LogP contribution < -0.4 is 5.32 Å². The smallest absolute Gasteiger partial charge is 0.251 e. The Morgan fingerprint density at radius 2 is 2.33 bits per heavy atom. The molecule has 0 bridgehead atoms. The minimum absolute atomic E-state index is 0.0693. The summed E-state index contributed by atoms with van der Waals surface area (Å²) in [5.74, 6) is 0. The largest absolute Gasteiger partial charge is 0.314 e. The number of alkyl halides is 2. The van der Waals surface area contributed by atoms with Crippen molar-refractivity contribution in [3.63, 3.8) is 0 Å². The maximum Gasteiger partial charge on any atom is 0.251 e. The number of halogens is 2. The van der Waals surface area contributed by atoms with Gasteiger partial charge in [0.05, 0.1) is 6.54 Å². The van der Waals surface area contributed by atoms with Crippen molar-refractivity contribution in [2.24, 2.45) is 0 Å². The maximum absolute atomic E-state index is 12.1. The van der Waals surface area contributed by atoms with E-state index in [9.17, 15) is 8.78 Å². The predicted octanol–water partition coefficient (Wildman–Crippen LogP) is 0.935. The van der Waals surface area contributed by atoms with E-state index in [1.54, 1.807) is 0 Å². The topological polar surface area (TPSA) is 15.3 Å². The summed E-state index contributed by atoms with van der Waals surface area (Å²) in [6, 6.07) is 0.299. The van der Waals surface area contributed by atoms with Crippen LogP contribution in [0.3, 0.4) is 0 Å². The molecule has 0 unspecified atom stereocenters. The molecule has 1 N–H and O–H groups in total. The normalized spacial score (nSPS) is 26.5. The zero-order valence-corrected chi connectivity index (χ0v) is 7.39. The molecule has 0 spiro atoms. The van der Waals surface area contributed by atoms with E-state index in [1.807, 2.05) is 11.8 Å². The number of nitrogens with zero attached hydrogens (tertiary/aromatic N) is 1. The summed E-state index contributed by atoms with van der Waals surface area (Å²) in [4.78, 5) is 1.88. The number of hydrogen-bond donors (Lipinski definition) is 1. The van der Waals surface area contributed by atoms with Crippen LogP contribution in [0.1, 0.15) is 13.3 Å². The number of hydrogen-bond acceptors (Lipinski definition) is 2. The van der Waals surface area contributed by atoms with Gasteiger partial charge in [-0.1, -0.05) is 6.92 Å². The van der Waals surface area contributed by atoms with E-state index < -0.39 is 6.43 Å². The molecule has 2 nitrogen and oxygen atoms in total. The van der Waals surface area contributed by atoms with Crippen molar-refractivity contribution in [3.8, 4) is 0 Å². The summed E-state index contributed by atoms with van der Waals surface area (Å²) in [6.07, 6.45) is -1.25. The molecule has 0 aliphatic carbocycles. The van der Waals surface area contributed by atoms with Crippen LogP contribution in [-0.2, 0) is 0 Å². The first-order valence-corrected chi connectivity index (χ1v) is 4.47. The SMILES string of the molecule is CC[C@@H]1CNCCN1CC(F)F. The summed E-state index contributed by atoms with van der Waals surface area (Å²) < 4.78 is 24.1. The summed E-state index contributed by atoms with van der Waals surface area (Å²) in [7, 11) is 0. The lowest BCUT2D eigenvalue weighted by atomic mass is 10.1. The lowest BCUT2D eigenvalue weighted by Crippen LogP contribution is -2.52. The molecule has 0 aromatic heterocycles. The van der Waals surface area contributed by atoms with Crippen molar-refractivity contribution in [2.75, 3.05) is 26.2 Å². The van der Waals surface area contributed by atoms with Crippen LogP contribution in [0.2, 0.25) is 0 Å². The van der Waals surface area contributed by atoms with Crippen molar-refractivity contribution in [1.82, 2.24) is 10.2 Å². The second kappa shape index (κ2) is 4.72. The second-order valence-electron chi connectivity index (χ2n) is 3.15. The van der Waals surface area contributed by atoms with Crippen molar-refractivity contribution < 1.29 is 8.78 Å². The Hall–Kier alpha value is -0.220. The van der Waals surface area contributed by atoms with Crippen molar-refractivity contribution in [2.45, 2.75) is 25.8 Å². The van der Waals surface area contributed by atoms with Gasteiger partial charge in [0.2, 0.25) is 0 Å². The van der Waals surface area contributed by atoms with Gasteiger partial charge in [0.25, 0.3) is 6.43 Å². The quantitative estimate of drug-likeness (QED) is 0.691. The van der Waals surface area contributed by atoms with Crippen molar-refractivity contribution >= 4 is 0 Å². The number of rotatable bonds is 3. The fraction of sp³-hybridized carbons (Fsp3) is 1.00. The van der Waals surface area contributed by atoms with Crippen LogP contribution in [-0.4, -0.2) is 43.5 Å². The Morgan fingerprint density at radius 3 is 2.92 bits per heavy atom. The van der Waals surface area contributed by atoms with E-state index in [1.165, 1.54) is 0 Å². The third-order valence-corrected chi connectivity index (χ3v) is 2.32. The molecule has 1 rings (SSSR count). The zero-order chi connectivity index (χ0) is 8.97. The van der Waals surface area contributed by atoms with E-state index in [2.05, 4.69) is 5.32 Å². The van der Waals surface area contributed by atoms with Gasteiger partial charge in [-0.3, -0.25) is 4.90 Å². The first-order valence-electron chi connectivity index (χ1n) is 4.47. The summed E-state index contributed by atoms with van der Waals surface area (Å²) in [6.45, 7) is 4.41. The highest BCUT2D eigenvalue weighted by molar-refractivity contribution is 4.78. The highest BCUT2D eigenvalue weighted by Gasteiger charge is 2.22. The van der Waals surface area contributed by atoms with Gasteiger partial charge in [-0.15, -0.1) is 0 Å². The molecule has 12 heavy (non-hydrogen) atoms. The molecule has 0 radical (unpaired) electrons. The van der Waals surface area contributed by atoms with Crippen LogP contribution in [0, 0.1) is 0 Å². The highest BCUT2D eigenvalue weighted by atomic mass is 19.3. The fourth-order valence-electron chi connectivity index (χ4n) is 1.62. The number of piperazine rings is 1. The average molecular weight is 178 g/mol. The number of nitrogens with one attached hydrogen (secondary N) is 1. The van der Waals surface area contributed by atoms with E-state index in [4.69, 9.17) is 0 Å². The molecular weight excluding hydrogens is 162 g/mol. The molecule has 0 aromatic carbocycles. The van der Waals surface area contributed by atoms with Gasteiger partial charge in [0.1, 0.15) is 0 Å². The van der Waals surface area contributed by atoms with Gasteiger partial charge < -0.3 is 5.32 Å². The van der Waals surface area contributed by atoms with E-state index in [0.717, 1.165) is 26.1 Å². The van der Waals surface area contributed by atoms with E-state index >= 15 is 0 Å². The average Bonchev–Trinajstić information content (AvgIpc) is 2.04. The predicted molar refractivity (Wildman–Crippen MR) is 44.5 cm³/mol. The van der Waals surface area contributed by atoms with Gasteiger partial charge >= 0.3 is 0 Å². The van der Waals surface area contributed by atoms with E-state index in [-0.39, 0.29) is 6.54 Å². The molecule has 4 heteroatoms. The molecule has 0 aromatic rings. The molecule has 1 aliphatic rings. The third kappa shape index (κ3) is 2.68. The van der Waals surface area contributed by atoms with Gasteiger partial charge in [-0.2, -0.15) is 0 Å². The minimum atomic E-state index is -2.20. The fourth-order valence-corrected chi connectivity index (χ4v) is 1.62. The Morgan fingerprint density at radius 1 is 1.58 bits per heavy atom. The first kappa shape index (κ1) is 9.86. The zero-order valence-electron chi connectivity index (χ0n) is 7.39. The molecule has 1 atom stereocenters. The second-order valence-corrected chi connectivity index (χ2v) is 3.15. The molecule has 1 aliphatic heterocycles. The molecular formula is C8H16F2N2. The molecule has 0 saturated carbocycles. The Labute approximate surface area is 71.9 Å². The van der Waals surface area contributed by atoms with Gasteiger partial charge in [0, 0.05) is 25.7 Å². The Balaban J connectivity index is 2.36. The summed E-state index contributed by atoms with van der Waals surface area (Å²) in [5, 5.41) is 3.20. The third-order valence-electron chi connectivity index (χ3n) is 2.32. The maximum atomic E-state index is 12.1. The summed E-state index contributed by atoms with van der Waals surface area (Å²) >= 11 is 0. The van der Waals surface area contributed by atoms with Gasteiger partial charge in [-0.25, -0.2) is 8.78 Å². The van der Waals surface area contributed by atoms with Gasteiger partial charge in [-0.05, 0) is 6.42 Å². The molecule has 1 heterocycles. The van der Waals surface area contributed by atoms with Crippen LogP contribution >= 0.6 is 0 Å². The monoisotopic (exact) mass is 178 g/mol. The van der Waals surface area contributed by atoms with E-state index in [0.29, 0.717) is 6.04 Å². The van der Waals surface area contributed by atoms with Crippen LogP contribution in [0.25, 0.3) is 0 Å². The lowest BCUT2D eigenvalue weighted by Gasteiger charge is -2.35. The molecule has 0 amide bonds. The van der Waals surface area contributed by atoms with Crippen LogP contribution in [0.5, 0.6) is 0 Å². The Kier molecular flexibility index (Phi) is 3.88. The molecule has 72 valence electrons. The van der Waals surface area contributed by atoms with Crippen molar-refractivity contribution in [1.29, 1.82) is 0 Å². The molecule has 1 fully saturated rings. The van der Waals surface area contributed by atoms with Gasteiger partial charge in [0.15, 0.2) is 0 Å². The highest BCUT2D eigenvalue weighted by Crippen LogP contribution is 2.09. The Bertz CT molecular complexity index is 130. The molecule has 1 saturated heterocycles. The van der Waals surface area contributed by atoms with Crippen LogP contribution in [0.15, 0.2) is 0 Å². The standard InChI is InChI=1S/C8H16F2N2/c1-2-7-5-11-3-4-12(7)6-8(9)10/h7-8,11H,2-6H2,1H3/t7-/m1/s1. The lowest BCUT2D eigenvalue weighted by molar-refractivity contribution is 0.0537. The summed E-state index contributed by atoms with van der Waals surface area (Å²) in [5.41, 5.74) is 0.